The van der Waals surface area contributed by atoms with E-state index < -0.39 is 0 Å². The number of anilines is 1. The van der Waals surface area contributed by atoms with Gasteiger partial charge in [-0.1, -0.05) is 29.4 Å². The fourth-order valence-corrected chi connectivity index (χ4v) is 3.15. The molecule has 27 heavy (non-hydrogen) atoms. The van der Waals surface area contributed by atoms with Crippen molar-refractivity contribution in [2.75, 3.05) is 5.32 Å². The Morgan fingerprint density at radius 3 is 2.30 bits per heavy atom. The van der Waals surface area contributed by atoms with Crippen molar-refractivity contribution in [1.29, 1.82) is 0 Å². The second kappa shape index (κ2) is 7.66. The molecule has 0 aliphatic heterocycles. The molecule has 2 aromatic carbocycles. The monoisotopic (exact) mass is 364 g/mol. The van der Waals surface area contributed by atoms with Gasteiger partial charge in [0.25, 0.3) is 5.91 Å². The lowest BCUT2D eigenvalue weighted by molar-refractivity contribution is 0.101. The number of amides is 1. The second-order valence-electron chi connectivity index (χ2n) is 6.91. The van der Waals surface area contributed by atoms with Crippen molar-refractivity contribution in [2.24, 2.45) is 0 Å². The quantitative estimate of drug-likeness (QED) is 0.688. The fraction of sp³-hybridized carbons (Fsp3) is 0.273. The van der Waals surface area contributed by atoms with Crippen LogP contribution in [0.3, 0.4) is 0 Å². The van der Waals surface area contributed by atoms with Gasteiger partial charge in [-0.25, -0.2) is 0 Å². The normalized spacial score (nSPS) is 10.7. The minimum atomic E-state index is -0.308. The van der Waals surface area contributed by atoms with Gasteiger partial charge in [-0.15, -0.1) is 0 Å². The van der Waals surface area contributed by atoms with Gasteiger partial charge < -0.3 is 14.6 Å². The molecule has 5 heteroatoms. The summed E-state index contributed by atoms with van der Waals surface area (Å²) in [5.41, 5.74) is 5.90. The lowest BCUT2D eigenvalue weighted by Crippen LogP contribution is -2.15. The molecule has 5 nitrogen and oxygen atoms in total. The predicted octanol–water partition coefficient (Wildman–Crippen LogP) is 5.05. The Hall–Kier alpha value is -3.08. The van der Waals surface area contributed by atoms with Crippen molar-refractivity contribution in [3.05, 3.63) is 75.7 Å². The van der Waals surface area contributed by atoms with Crippen molar-refractivity contribution < 1.29 is 14.1 Å². The van der Waals surface area contributed by atoms with E-state index in [1.807, 2.05) is 58.0 Å². The number of ether oxygens (including phenoxy) is 1. The molecule has 1 N–H and O–H groups in total. The third kappa shape index (κ3) is 4.19. The summed E-state index contributed by atoms with van der Waals surface area (Å²) in [6.45, 7) is 9.98. The summed E-state index contributed by atoms with van der Waals surface area (Å²) in [5.74, 6) is 1.09. The molecule has 3 rings (SSSR count). The lowest BCUT2D eigenvalue weighted by atomic mass is 10.1. The standard InChI is InChI=1S/C22H24N2O3/c1-13-9-14(2)11-18(10-13)23-22(25)20-19(17(5)27-24-20)12-26-21-15(3)7-6-8-16(21)4/h6-11H,12H2,1-5H3,(H,23,25). The number of carbonyl (C=O) groups excluding carboxylic acids is 1. The summed E-state index contributed by atoms with van der Waals surface area (Å²) in [7, 11) is 0. The summed E-state index contributed by atoms with van der Waals surface area (Å²) in [6.07, 6.45) is 0. The van der Waals surface area contributed by atoms with Crippen LogP contribution in [0.4, 0.5) is 5.69 Å². The Morgan fingerprint density at radius 1 is 1.04 bits per heavy atom. The summed E-state index contributed by atoms with van der Waals surface area (Å²) in [6, 6.07) is 11.9. The van der Waals surface area contributed by atoms with E-state index in [0.717, 1.165) is 33.7 Å². The Bertz CT molecular complexity index is 949. The third-order valence-corrected chi connectivity index (χ3v) is 4.45. The molecule has 3 aromatic rings. The van der Waals surface area contributed by atoms with Crippen LogP contribution in [0.5, 0.6) is 5.75 Å². The van der Waals surface area contributed by atoms with Crippen LogP contribution in [0.1, 0.15) is 44.1 Å². The topological polar surface area (TPSA) is 64.4 Å². The van der Waals surface area contributed by atoms with Crippen LogP contribution in [-0.4, -0.2) is 11.1 Å². The second-order valence-corrected chi connectivity index (χ2v) is 6.91. The van der Waals surface area contributed by atoms with E-state index in [1.54, 1.807) is 6.92 Å². The molecule has 140 valence electrons. The van der Waals surface area contributed by atoms with E-state index in [4.69, 9.17) is 9.26 Å². The van der Waals surface area contributed by atoms with Gasteiger partial charge in [0, 0.05) is 5.69 Å². The van der Waals surface area contributed by atoms with Gasteiger partial charge >= 0.3 is 0 Å². The molecule has 1 aromatic heterocycles. The van der Waals surface area contributed by atoms with Gasteiger partial charge in [-0.2, -0.15) is 0 Å². The number of rotatable bonds is 5. The van der Waals surface area contributed by atoms with Crippen molar-refractivity contribution in [1.82, 2.24) is 5.16 Å². The number of para-hydroxylation sites is 1. The van der Waals surface area contributed by atoms with Crippen LogP contribution in [0.2, 0.25) is 0 Å². The zero-order valence-electron chi connectivity index (χ0n) is 16.3. The van der Waals surface area contributed by atoms with Gasteiger partial charge in [-0.05, 0) is 69.0 Å². The minimum absolute atomic E-state index is 0.219. The molecule has 0 saturated carbocycles. The van der Waals surface area contributed by atoms with Gasteiger partial charge in [0.05, 0.1) is 5.56 Å². The number of nitrogens with one attached hydrogen (secondary N) is 1. The highest BCUT2D eigenvalue weighted by Crippen LogP contribution is 2.25. The molecule has 0 fully saturated rings. The number of hydrogen-bond acceptors (Lipinski definition) is 4. The lowest BCUT2D eigenvalue weighted by Gasteiger charge is -2.12. The van der Waals surface area contributed by atoms with E-state index >= 15 is 0 Å². The molecule has 0 saturated heterocycles. The maximum absolute atomic E-state index is 12.7. The zero-order chi connectivity index (χ0) is 19.6. The summed E-state index contributed by atoms with van der Waals surface area (Å²) >= 11 is 0. The third-order valence-electron chi connectivity index (χ3n) is 4.45. The highest BCUT2D eigenvalue weighted by atomic mass is 16.5. The Balaban J connectivity index is 1.80. The van der Waals surface area contributed by atoms with Gasteiger partial charge in [-0.3, -0.25) is 4.79 Å². The first-order chi connectivity index (χ1) is 12.8. The molecular weight excluding hydrogens is 340 g/mol. The van der Waals surface area contributed by atoms with Crippen molar-refractivity contribution in [3.8, 4) is 5.75 Å². The first kappa shape index (κ1) is 18.7. The summed E-state index contributed by atoms with van der Waals surface area (Å²) in [5, 5.41) is 6.84. The number of nitrogens with zero attached hydrogens (tertiary/aromatic N) is 1. The van der Waals surface area contributed by atoms with E-state index in [1.165, 1.54) is 0 Å². The van der Waals surface area contributed by atoms with E-state index in [0.29, 0.717) is 11.3 Å². The molecule has 0 aliphatic rings. The highest BCUT2D eigenvalue weighted by Gasteiger charge is 2.21. The van der Waals surface area contributed by atoms with Gasteiger partial charge in [0.1, 0.15) is 18.1 Å². The van der Waals surface area contributed by atoms with Crippen molar-refractivity contribution in [3.63, 3.8) is 0 Å². The highest BCUT2D eigenvalue weighted by molar-refractivity contribution is 6.04. The largest absolute Gasteiger partial charge is 0.488 e. The van der Waals surface area contributed by atoms with Crippen molar-refractivity contribution in [2.45, 2.75) is 41.2 Å². The number of benzene rings is 2. The SMILES string of the molecule is Cc1cc(C)cc(NC(=O)c2noc(C)c2COc2c(C)cccc2C)c1. The van der Waals surface area contributed by atoms with E-state index in [9.17, 15) is 4.79 Å². The first-order valence-electron chi connectivity index (χ1n) is 8.89. The van der Waals surface area contributed by atoms with Crippen LogP contribution in [0.15, 0.2) is 40.9 Å². The average molecular weight is 364 g/mol. The number of carbonyl (C=O) groups is 1. The van der Waals surface area contributed by atoms with Crippen LogP contribution in [-0.2, 0) is 6.61 Å². The first-order valence-corrected chi connectivity index (χ1v) is 8.89. The molecule has 0 radical (unpaired) electrons. The van der Waals surface area contributed by atoms with Gasteiger partial charge in [0.2, 0.25) is 0 Å². The molecule has 0 bridgehead atoms. The van der Waals surface area contributed by atoms with Crippen LogP contribution >= 0.6 is 0 Å². The Kier molecular flexibility index (Phi) is 5.31. The summed E-state index contributed by atoms with van der Waals surface area (Å²) < 4.78 is 11.3. The number of hydrogen-bond donors (Lipinski definition) is 1. The molecular formula is C22H24N2O3. The smallest absolute Gasteiger partial charge is 0.278 e. The molecule has 0 aliphatic carbocycles. The van der Waals surface area contributed by atoms with E-state index in [-0.39, 0.29) is 18.2 Å². The van der Waals surface area contributed by atoms with Gasteiger partial charge in [0.15, 0.2) is 5.69 Å². The minimum Gasteiger partial charge on any atom is -0.488 e. The average Bonchev–Trinajstić information content (AvgIpc) is 2.94. The fourth-order valence-electron chi connectivity index (χ4n) is 3.15. The Labute approximate surface area is 159 Å². The van der Waals surface area contributed by atoms with Crippen molar-refractivity contribution >= 4 is 11.6 Å². The molecule has 0 unspecified atom stereocenters. The number of aromatic nitrogens is 1. The van der Waals surface area contributed by atoms with Crippen LogP contribution in [0, 0.1) is 34.6 Å². The predicted molar refractivity (Wildman–Crippen MR) is 105 cm³/mol. The molecule has 0 atom stereocenters. The maximum atomic E-state index is 12.7. The molecule has 1 amide bonds. The molecule has 0 spiro atoms. The zero-order valence-corrected chi connectivity index (χ0v) is 16.3. The van der Waals surface area contributed by atoms with E-state index in [2.05, 4.69) is 16.5 Å². The maximum Gasteiger partial charge on any atom is 0.278 e. The summed E-state index contributed by atoms with van der Waals surface area (Å²) in [4.78, 5) is 12.7. The van der Waals surface area contributed by atoms with Crippen LogP contribution in [0.25, 0.3) is 0 Å². The number of aryl methyl sites for hydroxylation is 5. The van der Waals surface area contributed by atoms with Crippen LogP contribution < -0.4 is 10.1 Å². The molecule has 1 heterocycles. The Morgan fingerprint density at radius 2 is 1.67 bits per heavy atom.